The normalized spacial score (nSPS) is 12.2. The molecule has 5 heteroatoms. The average Bonchev–Trinajstić information content (AvgIpc) is 2.62. The number of nitrogens with zero attached hydrogens (tertiary/aromatic N) is 1. The first-order valence-corrected chi connectivity index (χ1v) is 8.49. The van der Waals surface area contributed by atoms with Crippen molar-refractivity contribution in [2.75, 3.05) is 6.54 Å². The van der Waals surface area contributed by atoms with Crippen LogP contribution in [0.1, 0.15) is 38.8 Å². The average molecular weight is 350 g/mol. The number of nitrogens with one attached hydrogen (secondary N) is 1. The van der Waals surface area contributed by atoms with Gasteiger partial charge in [-0.2, -0.15) is 0 Å². The SMILES string of the molecule is Cc1cc(C(=O)NC[C@H](O)c2cccc(O)c2)c2ccc(C)c(C)c2n1. The summed E-state index contributed by atoms with van der Waals surface area (Å²) in [4.78, 5) is 17.3. The maximum atomic E-state index is 12.7. The van der Waals surface area contributed by atoms with Gasteiger partial charge in [0.2, 0.25) is 0 Å². The number of carbonyl (C=O) groups is 1. The molecule has 3 rings (SSSR count). The maximum absolute atomic E-state index is 12.7. The van der Waals surface area contributed by atoms with E-state index in [0.29, 0.717) is 11.1 Å². The summed E-state index contributed by atoms with van der Waals surface area (Å²) in [6, 6.07) is 12.0. The Balaban J connectivity index is 1.85. The van der Waals surface area contributed by atoms with Gasteiger partial charge in [-0.05, 0) is 55.7 Å². The Labute approximate surface area is 152 Å². The Morgan fingerprint density at radius 3 is 2.65 bits per heavy atom. The fourth-order valence-corrected chi connectivity index (χ4v) is 2.98. The predicted octanol–water partition coefficient (Wildman–Crippen LogP) is 3.33. The minimum Gasteiger partial charge on any atom is -0.508 e. The van der Waals surface area contributed by atoms with E-state index < -0.39 is 6.10 Å². The molecular weight excluding hydrogens is 328 g/mol. The van der Waals surface area contributed by atoms with Crippen molar-refractivity contribution in [3.63, 3.8) is 0 Å². The number of amides is 1. The number of aromatic nitrogens is 1. The van der Waals surface area contributed by atoms with Crippen LogP contribution in [-0.2, 0) is 0 Å². The molecule has 1 atom stereocenters. The molecule has 134 valence electrons. The van der Waals surface area contributed by atoms with Crippen LogP contribution in [0.4, 0.5) is 0 Å². The van der Waals surface area contributed by atoms with E-state index in [1.54, 1.807) is 18.2 Å². The molecular formula is C21H22N2O3. The molecule has 0 saturated carbocycles. The molecule has 3 aromatic rings. The predicted molar refractivity (Wildman–Crippen MR) is 101 cm³/mol. The zero-order chi connectivity index (χ0) is 18.8. The van der Waals surface area contributed by atoms with Crippen molar-refractivity contribution in [1.82, 2.24) is 10.3 Å². The number of fused-ring (bicyclic) bond motifs is 1. The quantitative estimate of drug-likeness (QED) is 0.674. The van der Waals surface area contributed by atoms with Crippen LogP contribution in [0.3, 0.4) is 0 Å². The van der Waals surface area contributed by atoms with Crippen LogP contribution in [0.5, 0.6) is 5.75 Å². The lowest BCUT2D eigenvalue weighted by Gasteiger charge is -2.14. The smallest absolute Gasteiger partial charge is 0.252 e. The summed E-state index contributed by atoms with van der Waals surface area (Å²) in [6.45, 7) is 5.93. The Bertz CT molecular complexity index is 982. The third kappa shape index (κ3) is 3.53. The summed E-state index contributed by atoms with van der Waals surface area (Å²) < 4.78 is 0. The summed E-state index contributed by atoms with van der Waals surface area (Å²) in [7, 11) is 0. The van der Waals surface area contributed by atoms with Gasteiger partial charge in [-0.1, -0.05) is 24.3 Å². The fraction of sp³-hybridized carbons (Fsp3) is 0.238. The molecule has 0 unspecified atom stereocenters. The number of hydrogen-bond donors (Lipinski definition) is 3. The third-order valence-electron chi connectivity index (χ3n) is 4.59. The molecule has 0 aliphatic heterocycles. The zero-order valence-electron chi connectivity index (χ0n) is 15.1. The molecule has 0 aliphatic rings. The van der Waals surface area contributed by atoms with Gasteiger partial charge >= 0.3 is 0 Å². The first kappa shape index (κ1) is 17.9. The molecule has 0 fully saturated rings. The number of hydrogen-bond acceptors (Lipinski definition) is 4. The van der Waals surface area contributed by atoms with Gasteiger partial charge < -0.3 is 15.5 Å². The number of aryl methyl sites for hydroxylation is 3. The molecule has 0 spiro atoms. The maximum Gasteiger partial charge on any atom is 0.252 e. The highest BCUT2D eigenvalue weighted by atomic mass is 16.3. The lowest BCUT2D eigenvalue weighted by molar-refractivity contribution is 0.0917. The molecule has 1 amide bonds. The first-order valence-electron chi connectivity index (χ1n) is 8.49. The Hall–Kier alpha value is -2.92. The molecule has 0 saturated heterocycles. The van der Waals surface area contributed by atoms with Gasteiger partial charge in [0.25, 0.3) is 5.91 Å². The van der Waals surface area contributed by atoms with Crippen LogP contribution in [0.25, 0.3) is 10.9 Å². The van der Waals surface area contributed by atoms with Gasteiger partial charge in [0, 0.05) is 17.6 Å². The zero-order valence-corrected chi connectivity index (χ0v) is 15.1. The molecule has 0 bridgehead atoms. The topological polar surface area (TPSA) is 82.5 Å². The summed E-state index contributed by atoms with van der Waals surface area (Å²) in [5.41, 5.74) is 4.86. The monoisotopic (exact) mass is 350 g/mol. The lowest BCUT2D eigenvalue weighted by Crippen LogP contribution is -2.28. The first-order chi connectivity index (χ1) is 12.4. The van der Waals surface area contributed by atoms with Crippen molar-refractivity contribution >= 4 is 16.8 Å². The molecule has 0 aliphatic carbocycles. The Morgan fingerprint density at radius 1 is 1.15 bits per heavy atom. The van der Waals surface area contributed by atoms with Gasteiger partial charge in [-0.25, -0.2) is 0 Å². The second kappa shape index (κ2) is 7.14. The van der Waals surface area contributed by atoms with Crippen molar-refractivity contribution in [1.29, 1.82) is 0 Å². The van der Waals surface area contributed by atoms with Crippen molar-refractivity contribution in [3.05, 3.63) is 70.4 Å². The number of aromatic hydroxyl groups is 1. The largest absolute Gasteiger partial charge is 0.508 e. The minimum atomic E-state index is -0.899. The lowest BCUT2D eigenvalue weighted by atomic mass is 10.0. The number of phenols is 1. The van der Waals surface area contributed by atoms with E-state index in [1.165, 1.54) is 12.1 Å². The second-order valence-electron chi connectivity index (χ2n) is 6.54. The number of carbonyl (C=O) groups excluding carboxylic acids is 1. The third-order valence-corrected chi connectivity index (χ3v) is 4.59. The highest BCUT2D eigenvalue weighted by Gasteiger charge is 2.16. The summed E-state index contributed by atoms with van der Waals surface area (Å²) in [6.07, 6.45) is -0.899. The van der Waals surface area contributed by atoms with E-state index >= 15 is 0 Å². The number of aliphatic hydroxyl groups excluding tert-OH is 1. The minimum absolute atomic E-state index is 0.0516. The Kier molecular flexibility index (Phi) is 4.91. The van der Waals surface area contributed by atoms with E-state index in [4.69, 9.17) is 0 Å². The van der Waals surface area contributed by atoms with Crippen LogP contribution in [-0.4, -0.2) is 27.6 Å². The van der Waals surface area contributed by atoms with Crippen LogP contribution in [0, 0.1) is 20.8 Å². The fourth-order valence-electron chi connectivity index (χ4n) is 2.98. The van der Waals surface area contributed by atoms with Crippen molar-refractivity contribution in [3.8, 4) is 5.75 Å². The van der Waals surface area contributed by atoms with Gasteiger partial charge in [0.15, 0.2) is 0 Å². The highest BCUT2D eigenvalue weighted by molar-refractivity contribution is 6.07. The second-order valence-corrected chi connectivity index (χ2v) is 6.54. The van der Waals surface area contributed by atoms with Gasteiger partial charge in [0.05, 0.1) is 17.2 Å². The number of pyridine rings is 1. The molecule has 0 radical (unpaired) electrons. The highest BCUT2D eigenvalue weighted by Crippen LogP contribution is 2.24. The van der Waals surface area contributed by atoms with E-state index in [2.05, 4.69) is 10.3 Å². The summed E-state index contributed by atoms with van der Waals surface area (Å²) >= 11 is 0. The standard InChI is InChI=1S/C21H22N2O3/c1-12-7-8-17-18(9-13(2)23-20(17)14(12)3)21(26)22-11-19(25)15-5-4-6-16(24)10-15/h4-10,19,24-25H,11H2,1-3H3,(H,22,26)/t19-/m0/s1. The van der Waals surface area contributed by atoms with Crippen LogP contribution in [0.15, 0.2) is 42.5 Å². The van der Waals surface area contributed by atoms with E-state index in [-0.39, 0.29) is 18.2 Å². The molecule has 2 aromatic carbocycles. The van der Waals surface area contributed by atoms with Crippen molar-refractivity contribution in [2.45, 2.75) is 26.9 Å². The molecule has 1 heterocycles. The Morgan fingerprint density at radius 2 is 1.92 bits per heavy atom. The van der Waals surface area contributed by atoms with Crippen molar-refractivity contribution < 1.29 is 15.0 Å². The molecule has 26 heavy (non-hydrogen) atoms. The molecule has 1 aromatic heterocycles. The van der Waals surface area contributed by atoms with Crippen LogP contribution < -0.4 is 5.32 Å². The van der Waals surface area contributed by atoms with Crippen molar-refractivity contribution in [2.24, 2.45) is 0 Å². The van der Waals surface area contributed by atoms with Crippen LogP contribution in [0.2, 0.25) is 0 Å². The van der Waals surface area contributed by atoms with E-state index in [1.807, 2.05) is 32.9 Å². The number of phenolic OH excluding ortho intramolecular Hbond substituents is 1. The molecule has 3 N–H and O–H groups in total. The van der Waals surface area contributed by atoms with E-state index in [9.17, 15) is 15.0 Å². The van der Waals surface area contributed by atoms with Gasteiger partial charge in [-0.3, -0.25) is 9.78 Å². The van der Waals surface area contributed by atoms with Crippen LogP contribution >= 0.6 is 0 Å². The summed E-state index contributed by atoms with van der Waals surface area (Å²) in [5.74, 6) is -0.183. The number of aliphatic hydroxyl groups is 1. The van der Waals surface area contributed by atoms with Gasteiger partial charge in [0.1, 0.15) is 5.75 Å². The summed E-state index contributed by atoms with van der Waals surface area (Å²) in [5, 5.41) is 23.3. The van der Waals surface area contributed by atoms with E-state index in [0.717, 1.165) is 27.7 Å². The molecule has 5 nitrogen and oxygen atoms in total. The number of benzene rings is 2. The number of rotatable bonds is 4. The van der Waals surface area contributed by atoms with Gasteiger partial charge in [-0.15, -0.1) is 0 Å².